The van der Waals surface area contributed by atoms with Crippen molar-refractivity contribution in [2.45, 2.75) is 45.7 Å². The van der Waals surface area contributed by atoms with Crippen LogP contribution in [0.4, 0.5) is 5.69 Å². The number of halogens is 1. The van der Waals surface area contributed by atoms with Gasteiger partial charge in [-0.05, 0) is 32.4 Å². The van der Waals surface area contributed by atoms with Crippen LogP contribution in [0.2, 0.25) is 0 Å². The van der Waals surface area contributed by atoms with Gasteiger partial charge >= 0.3 is 0 Å². The molecule has 2 unspecified atom stereocenters. The topological polar surface area (TPSA) is 60.0 Å². The summed E-state index contributed by atoms with van der Waals surface area (Å²) in [7, 11) is 2.10. The molecule has 0 aromatic heterocycles. The van der Waals surface area contributed by atoms with Crippen LogP contribution in [-0.2, 0) is 4.79 Å². The van der Waals surface area contributed by atoms with E-state index in [1.54, 1.807) is 0 Å². The molecule has 7 heteroatoms. The van der Waals surface area contributed by atoms with Crippen molar-refractivity contribution in [1.29, 1.82) is 0 Å². The van der Waals surface area contributed by atoms with Gasteiger partial charge in [0.25, 0.3) is 0 Å². The van der Waals surface area contributed by atoms with E-state index in [1.807, 2.05) is 17.9 Å². The number of benzene rings is 1. The highest BCUT2D eigenvalue weighted by molar-refractivity contribution is 14.0. The lowest BCUT2D eigenvalue weighted by molar-refractivity contribution is -0.129. The van der Waals surface area contributed by atoms with E-state index in [2.05, 4.69) is 60.7 Å². The van der Waals surface area contributed by atoms with Crippen LogP contribution >= 0.6 is 24.0 Å². The number of anilines is 1. The molecule has 1 aromatic rings. The molecule has 0 bridgehead atoms. The number of carbonyl (C=O) groups is 1. The number of likely N-dealkylation sites (N-methyl/N-ethyl adjacent to an activating group) is 1. The molecule has 6 nitrogen and oxygen atoms in total. The molecule has 2 atom stereocenters. The predicted octanol–water partition coefficient (Wildman–Crippen LogP) is 2.70. The minimum absolute atomic E-state index is 0. The number of amides is 1. The highest BCUT2D eigenvalue weighted by atomic mass is 127. The summed E-state index contributed by atoms with van der Waals surface area (Å²) in [6.07, 6.45) is 1.54. The third-order valence-corrected chi connectivity index (χ3v) is 4.87. The first-order valence-electron chi connectivity index (χ1n) is 9.65. The maximum absolute atomic E-state index is 11.8. The first kappa shape index (κ1) is 23.5. The molecule has 1 aliphatic rings. The Morgan fingerprint density at radius 1 is 1.33 bits per heavy atom. The standard InChI is InChI=1S/C20H33N5O.HI/c1-5-19(26)25-13-12-17(15-25)23-20(21-6-2)22-14-16(3)24(4)18-10-8-7-9-11-18;/h7-11,16-17H,5-6,12-15H2,1-4H3,(H2,21,22,23);1H. The van der Waals surface area contributed by atoms with Crippen LogP contribution in [0.3, 0.4) is 0 Å². The van der Waals surface area contributed by atoms with Crippen LogP contribution in [-0.4, -0.2) is 62.1 Å². The number of hydrogen-bond donors (Lipinski definition) is 2. The van der Waals surface area contributed by atoms with Gasteiger partial charge in [-0.3, -0.25) is 9.79 Å². The third-order valence-electron chi connectivity index (χ3n) is 4.87. The van der Waals surface area contributed by atoms with Crippen LogP contribution in [0.25, 0.3) is 0 Å². The summed E-state index contributed by atoms with van der Waals surface area (Å²) in [6, 6.07) is 10.9. The molecule has 2 N–H and O–H groups in total. The van der Waals surface area contributed by atoms with Gasteiger partial charge in [0.1, 0.15) is 0 Å². The Balaban J connectivity index is 0.00000364. The normalized spacial score (nSPS) is 17.9. The Kier molecular flexibility index (Phi) is 10.5. The number of carbonyl (C=O) groups excluding carboxylic acids is 1. The fourth-order valence-corrected chi connectivity index (χ4v) is 3.11. The van der Waals surface area contributed by atoms with E-state index < -0.39 is 0 Å². The van der Waals surface area contributed by atoms with E-state index >= 15 is 0 Å². The Labute approximate surface area is 180 Å². The summed E-state index contributed by atoms with van der Waals surface area (Å²) < 4.78 is 0. The molecule has 0 spiro atoms. The molecular formula is C20H34IN5O. The van der Waals surface area contributed by atoms with Gasteiger partial charge < -0.3 is 20.4 Å². The van der Waals surface area contributed by atoms with Crippen molar-refractivity contribution in [3.8, 4) is 0 Å². The minimum Gasteiger partial charge on any atom is -0.370 e. The number of aliphatic imine (C=N–C) groups is 1. The summed E-state index contributed by atoms with van der Waals surface area (Å²) in [6.45, 7) is 9.27. The third kappa shape index (κ3) is 7.20. The molecular weight excluding hydrogens is 453 g/mol. The van der Waals surface area contributed by atoms with Gasteiger partial charge in [-0.2, -0.15) is 0 Å². The second kappa shape index (κ2) is 12.0. The van der Waals surface area contributed by atoms with Crippen LogP contribution < -0.4 is 15.5 Å². The second-order valence-corrected chi connectivity index (χ2v) is 6.84. The van der Waals surface area contributed by atoms with Gasteiger partial charge in [-0.1, -0.05) is 25.1 Å². The smallest absolute Gasteiger partial charge is 0.222 e. The molecule has 0 saturated carbocycles. The Bertz CT molecular complexity index is 595. The zero-order valence-electron chi connectivity index (χ0n) is 16.9. The van der Waals surface area contributed by atoms with Crippen molar-refractivity contribution >= 4 is 41.5 Å². The van der Waals surface area contributed by atoms with Crippen molar-refractivity contribution in [1.82, 2.24) is 15.5 Å². The van der Waals surface area contributed by atoms with Crippen molar-refractivity contribution < 1.29 is 4.79 Å². The molecule has 0 aliphatic carbocycles. The fraction of sp³-hybridized carbons (Fsp3) is 0.600. The molecule has 1 aliphatic heterocycles. The number of hydrogen-bond acceptors (Lipinski definition) is 3. The highest BCUT2D eigenvalue weighted by Crippen LogP contribution is 2.14. The van der Waals surface area contributed by atoms with E-state index in [1.165, 1.54) is 5.69 Å². The quantitative estimate of drug-likeness (QED) is 0.353. The van der Waals surface area contributed by atoms with Crippen molar-refractivity contribution in [3.63, 3.8) is 0 Å². The number of nitrogens with zero attached hydrogens (tertiary/aromatic N) is 3. The van der Waals surface area contributed by atoms with Gasteiger partial charge in [0.2, 0.25) is 5.91 Å². The number of guanidine groups is 1. The van der Waals surface area contributed by atoms with E-state index in [0.29, 0.717) is 13.0 Å². The first-order chi connectivity index (χ1) is 12.5. The lowest BCUT2D eigenvalue weighted by Crippen LogP contribution is -2.45. The van der Waals surface area contributed by atoms with Gasteiger partial charge in [-0.15, -0.1) is 24.0 Å². The average Bonchev–Trinajstić information content (AvgIpc) is 3.14. The molecule has 27 heavy (non-hydrogen) atoms. The summed E-state index contributed by atoms with van der Waals surface area (Å²) in [5, 5.41) is 6.80. The molecule has 1 heterocycles. The number of likely N-dealkylation sites (tertiary alicyclic amines) is 1. The van der Waals surface area contributed by atoms with Crippen LogP contribution in [0.15, 0.2) is 35.3 Å². The van der Waals surface area contributed by atoms with Gasteiger partial charge in [0.15, 0.2) is 5.96 Å². The Morgan fingerprint density at radius 3 is 2.67 bits per heavy atom. The van der Waals surface area contributed by atoms with Crippen molar-refractivity contribution in [2.24, 2.45) is 4.99 Å². The molecule has 0 radical (unpaired) electrons. The summed E-state index contributed by atoms with van der Waals surface area (Å²) in [5.41, 5.74) is 1.19. The fourth-order valence-electron chi connectivity index (χ4n) is 3.11. The molecule has 1 fully saturated rings. The van der Waals surface area contributed by atoms with E-state index in [-0.39, 0.29) is 42.0 Å². The molecule has 1 amide bonds. The Hall–Kier alpha value is -1.51. The second-order valence-electron chi connectivity index (χ2n) is 6.84. The molecule has 152 valence electrons. The summed E-state index contributed by atoms with van der Waals surface area (Å²) in [4.78, 5) is 20.8. The van der Waals surface area contributed by atoms with Crippen LogP contribution in [0.1, 0.15) is 33.6 Å². The highest BCUT2D eigenvalue weighted by Gasteiger charge is 2.25. The van der Waals surface area contributed by atoms with Crippen molar-refractivity contribution in [3.05, 3.63) is 30.3 Å². The minimum atomic E-state index is 0. The lowest BCUT2D eigenvalue weighted by atomic mass is 10.2. The van der Waals surface area contributed by atoms with Crippen LogP contribution in [0, 0.1) is 0 Å². The maximum Gasteiger partial charge on any atom is 0.222 e. The zero-order chi connectivity index (χ0) is 18.9. The van der Waals surface area contributed by atoms with E-state index in [9.17, 15) is 4.79 Å². The SMILES string of the molecule is CCNC(=NCC(C)N(C)c1ccccc1)NC1CCN(C(=O)CC)C1.I. The van der Waals surface area contributed by atoms with Gasteiger partial charge in [0.05, 0.1) is 6.54 Å². The monoisotopic (exact) mass is 487 g/mol. The number of nitrogens with one attached hydrogen (secondary N) is 2. The number of rotatable bonds is 7. The summed E-state index contributed by atoms with van der Waals surface area (Å²) >= 11 is 0. The first-order valence-corrected chi connectivity index (χ1v) is 9.65. The van der Waals surface area contributed by atoms with E-state index in [0.717, 1.165) is 32.0 Å². The molecule has 2 rings (SSSR count). The Morgan fingerprint density at radius 2 is 2.04 bits per heavy atom. The average molecular weight is 487 g/mol. The zero-order valence-corrected chi connectivity index (χ0v) is 19.3. The largest absolute Gasteiger partial charge is 0.370 e. The maximum atomic E-state index is 11.8. The molecule has 1 saturated heterocycles. The summed E-state index contributed by atoms with van der Waals surface area (Å²) in [5.74, 6) is 1.06. The lowest BCUT2D eigenvalue weighted by Gasteiger charge is -2.26. The van der Waals surface area contributed by atoms with Crippen LogP contribution in [0.5, 0.6) is 0 Å². The molecule has 1 aromatic carbocycles. The van der Waals surface area contributed by atoms with Gasteiger partial charge in [0, 0.05) is 50.9 Å². The van der Waals surface area contributed by atoms with Gasteiger partial charge in [-0.25, -0.2) is 0 Å². The van der Waals surface area contributed by atoms with Crippen molar-refractivity contribution in [2.75, 3.05) is 38.1 Å². The number of para-hydroxylation sites is 1. The van der Waals surface area contributed by atoms with E-state index in [4.69, 9.17) is 4.99 Å². The predicted molar refractivity (Wildman–Crippen MR) is 124 cm³/mol.